The molecule has 0 saturated carbocycles. The Morgan fingerprint density at radius 1 is 0.250 bits per heavy atom. The molecule has 0 spiro atoms. The first-order valence-electron chi connectivity index (χ1n) is 34.3. The molecule has 0 saturated heterocycles. The van der Waals surface area contributed by atoms with Gasteiger partial charge >= 0.3 is 17.9 Å². The lowest BCUT2D eigenvalue weighted by molar-refractivity contribution is -0.167. The minimum Gasteiger partial charge on any atom is -0.462 e. The molecule has 6 heteroatoms. The van der Waals surface area contributed by atoms with E-state index in [9.17, 15) is 14.4 Å². The molecule has 0 aliphatic carbocycles. The molecule has 0 amide bonds. The summed E-state index contributed by atoms with van der Waals surface area (Å²) in [4.78, 5) is 38.4. The maximum absolute atomic E-state index is 12.9. The van der Waals surface area contributed by atoms with E-state index in [1.807, 2.05) is 0 Å². The summed E-state index contributed by atoms with van der Waals surface area (Å²) in [6, 6.07) is 0. The van der Waals surface area contributed by atoms with Crippen LogP contribution in [0, 0.1) is 0 Å². The van der Waals surface area contributed by atoms with E-state index in [0.29, 0.717) is 19.3 Å². The Balaban J connectivity index is 4.31. The fourth-order valence-electron chi connectivity index (χ4n) is 10.5. The molecule has 448 valence electrons. The molecule has 0 bridgehead atoms. The van der Waals surface area contributed by atoms with Crippen molar-refractivity contribution in [1.29, 1.82) is 0 Å². The fourth-order valence-corrected chi connectivity index (χ4v) is 10.5. The summed E-state index contributed by atoms with van der Waals surface area (Å²) < 4.78 is 17.0. The van der Waals surface area contributed by atoms with Crippen molar-refractivity contribution >= 4 is 17.9 Å². The highest BCUT2D eigenvalue weighted by Gasteiger charge is 2.19. The van der Waals surface area contributed by atoms with Crippen LogP contribution in [0.4, 0.5) is 0 Å². The molecule has 0 aromatic heterocycles. The third kappa shape index (κ3) is 62.7. The van der Waals surface area contributed by atoms with Crippen molar-refractivity contribution in [1.82, 2.24) is 0 Å². The molecule has 0 aromatic rings. The molecule has 0 aliphatic rings. The van der Waals surface area contributed by atoms with Gasteiger partial charge in [0.15, 0.2) is 6.10 Å². The van der Waals surface area contributed by atoms with Crippen molar-refractivity contribution in [2.45, 2.75) is 393 Å². The second-order valence-electron chi connectivity index (χ2n) is 23.4. The first-order chi connectivity index (χ1) is 37.5. The van der Waals surface area contributed by atoms with Crippen LogP contribution < -0.4 is 0 Å². The molecule has 0 aliphatic heterocycles. The topological polar surface area (TPSA) is 78.9 Å². The molecular formula is C70H132O6. The summed E-state index contributed by atoms with van der Waals surface area (Å²) in [6.07, 6.45) is 79.0. The number of allylic oxidation sites excluding steroid dienone is 4. The highest BCUT2D eigenvalue weighted by atomic mass is 16.6. The van der Waals surface area contributed by atoms with Crippen LogP contribution in [0.2, 0.25) is 0 Å². The summed E-state index contributed by atoms with van der Waals surface area (Å²) in [5.41, 5.74) is 0. The van der Waals surface area contributed by atoms with E-state index >= 15 is 0 Å². The van der Waals surface area contributed by atoms with Gasteiger partial charge in [0.05, 0.1) is 0 Å². The van der Waals surface area contributed by atoms with Crippen molar-refractivity contribution in [3.05, 3.63) is 24.3 Å². The van der Waals surface area contributed by atoms with E-state index in [1.165, 1.54) is 289 Å². The molecule has 6 nitrogen and oxygen atoms in total. The van der Waals surface area contributed by atoms with Gasteiger partial charge in [-0.25, -0.2) is 0 Å². The average Bonchev–Trinajstić information content (AvgIpc) is 3.42. The molecule has 0 fully saturated rings. The van der Waals surface area contributed by atoms with E-state index < -0.39 is 6.10 Å². The SMILES string of the molecule is CCCCCCCCC/C=C\CCCCCCCCCC(=O)OCC(COC(=O)CCCCCCCCCCC/C=C\CCCCCCCCCC)OC(=O)CCCCCCCCCCCCCCCCCCCCC. The predicted molar refractivity (Wildman–Crippen MR) is 330 cm³/mol. The Labute approximate surface area is 474 Å². The minimum absolute atomic E-state index is 0.0684. The Bertz CT molecular complexity index is 1230. The van der Waals surface area contributed by atoms with E-state index in [-0.39, 0.29) is 31.1 Å². The second-order valence-corrected chi connectivity index (χ2v) is 23.4. The van der Waals surface area contributed by atoms with Crippen LogP contribution in [-0.4, -0.2) is 37.2 Å². The highest BCUT2D eigenvalue weighted by Crippen LogP contribution is 2.18. The quantitative estimate of drug-likeness (QED) is 0.0261. The number of ether oxygens (including phenoxy) is 3. The Kier molecular flexibility index (Phi) is 63.6. The maximum Gasteiger partial charge on any atom is 0.306 e. The van der Waals surface area contributed by atoms with Crippen LogP contribution in [0.3, 0.4) is 0 Å². The first-order valence-corrected chi connectivity index (χ1v) is 34.3. The molecular weight excluding hydrogens is 937 g/mol. The van der Waals surface area contributed by atoms with Crippen LogP contribution in [0.5, 0.6) is 0 Å². The predicted octanol–water partition coefficient (Wildman–Crippen LogP) is 23.4. The van der Waals surface area contributed by atoms with Crippen molar-refractivity contribution in [2.24, 2.45) is 0 Å². The zero-order chi connectivity index (χ0) is 55.0. The number of carbonyl (C=O) groups excluding carboxylic acids is 3. The van der Waals surface area contributed by atoms with Gasteiger partial charge in [0.1, 0.15) is 13.2 Å². The Morgan fingerprint density at radius 3 is 0.658 bits per heavy atom. The molecule has 76 heavy (non-hydrogen) atoms. The van der Waals surface area contributed by atoms with Gasteiger partial charge in [0.2, 0.25) is 0 Å². The number of hydrogen-bond donors (Lipinski definition) is 0. The molecule has 1 unspecified atom stereocenters. The number of rotatable bonds is 64. The summed E-state index contributed by atoms with van der Waals surface area (Å²) in [5, 5.41) is 0. The molecule has 0 aromatic carbocycles. The lowest BCUT2D eigenvalue weighted by Crippen LogP contribution is -2.30. The van der Waals surface area contributed by atoms with E-state index in [4.69, 9.17) is 14.2 Å². The van der Waals surface area contributed by atoms with E-state index in [1.54, 1.807) is 0 Å². The average molecular weight is 1070 g/mol. The number of unbranched alkanes of at least 4 members (excludes halogenated alkanes) is 49. The van der Waals surface area contributed by atoms with Gasteiger partial charge < -0.3 is 14.2 Å². The van der Waals surface area contributed by atoms with Crippen LogP contribution in [0.25, 0.3) is 0 Å². The van der Waals surface area contributed by atoms with Gasteiger partial charge in [0.25, 0.3) is 0 Å². The first kappa shape index (κ1) is 73.9. The fraction of sp³-hybridized carbons (Fsp3) is 0.900. The largest absolute Gasteiger partial charge is 0.462 e. The second kappa shape index (κ2) is 65.4. The van der Waals surface area contributed by atoms with Crippen molar-refractivity contribution in [3.8, 4) is 0 Å². The van der Waals surface area contributed by atoms with Crippen LogP contribution in [0.1, 0.15) is 387 Å². The lowest BCUT2D eigenvalue weighted by atomic mass is 10.0. The summed E-state index contributed by atoms with van der Waals surface area (Å²) in [7, 11) is 0. The summed E-state index contributed by atoms with van der Waals surface area (Å²) >= 11 is 0. The molecule has 0 heterocycles. The Morgan fingerprint density at radius 2 is 0.434 bits per heavy atom. The maximum atomic E-state index is 12.9. The van der Waals surface area contributed by atoms with Crippen LogP contribution in [-0.2, 0) is 28.6 Å². The molecule has 0 rings (SSSR count). The minimum atomic E-state index is -0.772. The van der Waals surface area contributed by atoms with Gasteiger partial charge in [-0.3, -0.25) is 14.4 Å². The van der Waals surface area contributed by atoms with Crippen molar-refractivity contribution in [3.63, 3.8) is 0 Å². The third-order valence-electron chi connectivity index (χ3n) is 15.7. The third-order valence-corrected chi connectivity index (χ3v) is 15.7. The number of esters is 3. The summed E-state index contributed by atoms with van der Waals surface area (Å²) in [5.74, 6) is -0.843. The zero-order valence-corrected chi connectivity index (χ0v) is 51.6. The van der Waals surface area contributed by atoms with E-state index in [0.717, 1.165) is 57.8 Å². The van der Waals surface area contributed by atoms with Gasteiger partial charge in [-0.1, -0.05) is 321 Å². The molecule has 0 radical (unpaired) electrons. The zero-order valence-electron chi connectivity index (χ0n) is 51.6. The van der Waals surface area contributed by atoms with Gasteiger partial charge in [-0.2, -0.15) is 0 Å². The van der Waals surface area contributed by atoms with Gasteiger partial charge in [-0.15, -0.1) is 0 Å². The monoisotopic (exact) mass is 1070 g/mol. The number of hydrogen-bond acceptors (Lipinski definition) is 6. The van der Waals surface area contributed by atoms with Gasteiger partial charge in [0, 0.05) is 19.3 Å². The lowest BCUT2D eigenvalue weighted by Gasteiger charge is -2.18. The van der Waals surface area contributed by atoms with Gasteiger partial charge in [-0.05, 0) is 70.6 Å². The van der Waals surface area contributed by atoms with Crippen molar-refractivity contribution in [2.75, 3.05) is 13.2 Å². The molecule has 1 atom stereocenters. The summed E-state index contributed by atoms with van der Waals surface area (Å²) in [6.45, 7) is 6.71. The normalized spacial score (nSPS) is 12.1. The smallest absolute Gasteiger partial charge is 0.306 e. The van der Waals surface area contributed by atoms with Crippen molar-refractivity contribution < 1.29 is 28.6 Å². The number of carbonyl (C=O) groups is 3. The van der Waals surface area contributed by atoms with Crippen LogP contribution in [0.15, 0.2) is 24.3 Å². The van der Waals surface area contributed by atoms with Crippen LogP contribution >= 0.6 is 0 Å². The standard InChI is InChI=1S/C70H132O6/c1-4-7-10-13-16-19-22-25-28-31-34-35-37-39-42-45-48-51-54-57-60-63-69(72)75-66-67(65-74-68(71)62-59-56-53-50-47-44-41-38-33-30-27-24-21-18-15-12-9-6-3)76-70(73)64-61-58-55-52-49-46-43-40-36-32-29-26-23-20-17-14-11-8-5-2/h30-31,33-34,67H,4-29,32,35-66H2,1-3H3/b33-30-,34-31-. The molecule has 0 N–H and O–H groups in total. The Hall–Kier alpha value is -2.11. The van der Waals surface area contributed by atoms with E-state index in [2.05, 4.69) is 45.1 Å². The highest BCUT2D eigenvalue weighted by molar-refractivity contribution is 5.71.